The largest absolute Gasteiger partial charge is 0.490 e. The van der Waals surface area contributed by atoms with Crippen molar-refractivity contribution in [3.63, 3.8) is 0 Å². The lowest BCUT2D eigenvalue weighted by Crippen LogP contribution is -2.24. The number of benzene rings is 2. The summed E-state index contributed by atoms with van der Waals surface area (Å²) in [5.41, 5.74) is 4.06. The second-order valence-electron chi connectivity index (χ2n) is 5.47. The van der Waals surface area contributed by atoms with Crippen LogP contribution in [0.5, 0.6) is 5.75 Å². The Hall–Kier alpha value is -3.81. The molecule has 0 saturated carbocycles. The molecule has 0 bridgehead atoms. The van der Waals surface area contributed by atoms with Crippen molar-refractivity contribution in [2.75, 3.05) is 6.61 Å². The molecule has 1 amide bonds. The lowest BCUT2D eigenvalue weighted by Gasteiger charge is -2.03. The average Bonchev–Trinajstić information content (AvgIpc) is 3.16. The van der Waals surface area contributed by atoms with Crippen LogP contribution in [0.25, 0.3) is 11.4 Å². The van der Waals surface area contributed by atoms with Crippen molar-refractivity contribution < 1.29 is 9.53 Å². The molecule has 0 atom stereocenters. The van der Waals surface area contributed by atoms with Gasteiger partial charge in [0.1, 0.15) is 18.9 Å². The van der Waals surface area contributed by atoms with Crippen molar-refractivity contribution in [1.29, 1.82) is 0 Å². The molecule has 8 heteroatoms. The van der Waals surface area contributed by atoms with Gasteiger partial charge < -0.3 is 4.74 Å². The van der Waals surface area contributed by atoms with Gasteiger partial charge in [-0.3, -0.25) is 4.79 Å². The number of nitrogens with one attached hydrogen (secondary N) is 1. The minimum atomic E-state index is -0.359. The summed E-state index contributed by atoms with van der Waals surface area (Å²) in [4.78, 5) is 13.2. The Kier molecular flexibility index (Phi) is 6.03. The Balaban J connectivity index is 1.53. The molecule has 0 spiro atoms. The number of tetrazole rings is 1. The summed E-state index contributed by atoms with van der Waals surface area (Å²) in [7, 11) is 0. The fraction of sp³-hybridized carbons (Fsp3) is 0.105. The quantitative estimate of drug-likeness (QED) is 0.376. The van der Waals surface area contributed by atoms with Gasteiger partial charge in [0, 0.05) is 5.56 Å². The molecule has 2 aromatic carbocycles. The normalized spacial score (nSPS) is 10.7. The summed E-state index contributed by atoms with van der Waals surface area (Å²) in [5.74, 6) is 0.802. The lowest BCUT2D eigenvalue weighted by molar-refractivity contribution is -0.122. The van der Waals surface area contributed by atoms with Gasteiger partial charge in [0.15, 0.2) is 0 Å². The molecule has 0 fully saturated rings. The van der Waals surface area contributed by atoms with Crippen LogP contribution in [0, 0.1) is 0 Å². The molecule has 1 N–H and O–H groups in total. The van der Waals surface area contributed by atoms with Crippen LogP contribution in [0.4, 0.5) is 0 Å². The summed E-state index contributed by atoms with van der Waals surface area (Å²) in [6, 6.07) is 16.7. The number of ether oxygens (including phenoxy) is 1. The SMILES string of the molecule is C=CCOc1cccc(/C=N\NC(=O)Cn2nnc(-c3ccccc3)n2)c1. The van der Waals surface area contributed by atoms with Gasteiger partial charge in [0.25, 0.3) is 5.91 Å². The fourth-order valence-electron chi connectivity index (χ4n) is 2.20. The molecule has 0 aliphatic carbocycles. The first-order valence-electron chi connectivity index (χ1n) is 8.23. The van der Waals surface area contributed by atoms with Crippen LogP contribution in [-0.4, -0.2) is 38.9 Å². The van der Waals surface area contributed by atoms with Gasteiger partial charge in [-0.2, -0.15) is 9.90 Å². The van der Waals surface area contributed by atoms with E-state index in [9.17, 15) is 4.79 Å². The first-order valence-corrected chi connectivity index (χ1v) is 8.23. The Morgan fingerprint density at radius 1 is 1.22 bits per heavy atom. The zero-order chi connectivity index (χ0) is 18.9. The highest BCUT2D eigenvalue weighted by atomic mass is 16.5. The number of amides is 1. The second-order valence-corrected chi connectivity index (χ2v) is 5.47. The van der Waals surface area contributed by atoms with E-state index in [1.54, 1.807) is 6.08 Å². The van der Waals surface area contributed by atoms with Crippen LogP contribution in [0.3, 0.4) is 0 Å². The average molecular weight is 362 g/mol. The number of hydrazone groups is 1. The zero-order valence-corrected chi connectivity index (χ0v) is 14.5. The Morgan fingerprint density at radius 3 is 2.89 bits per heavy atom. The van der Waals surface area contributed by atoms with Crippen LogP contribution < -0.4 is 10.2 Å². The van der Waals surface area contributed by atoms with Crippen molar-refractivity contribution in [2.45, 2.75) is 6.54 Å². The van der Waals surface area contributed by atoms with E-state index in [1.807, 2.05) is 54.6 Å². The first-order chi connectivity index (χ1) is 13.2. The van der Waals surface area contributed by atoms with Crippen LogP contribution >= 0.6 is 0 Å². The van der Waals surface area contributed by atoms with Gasteiger partial charge >= 0.3 is 0 Å². The standard InChI is InChI=1S/C19H18N6O2/c1-2-11-27-17-10-6-7-15(12-17)13-20-21-18(26)14-25-23-19(22-24-25)16-8-4-3-5-9-16/h2-10,12-13H,1,11,14H2,(H,21,26)/b20-13-. The van der Waals surface area contributed by atoms with Gasteiger partial charge in [-0.25, -0.2) is 5.43 Å². The van der Waals surface area contributed by atoms with Crippen LogP contribution in [0.15, 0.2) is 72.4 Å². The molecule has 0 aliphatic rings. The highest BCUT2D eigenvalue weighted by Gasteiger charge is 2.08. The number of hydrogen-bond acceptors (Lipinski definition) is 6. The first kappa shape index (κ1) is 18.0. The van der Waals surface area contributed by atoms with Gasteiger partial charge in [-0.05, 0) is 22.9 Å². The van der Waals surface area contributed by atoms with E-state index >= 15 is 0 Å². The smallest absolute Gasteiger partial charge is 0.263 e. The number of carbonyl (C=O) groups is 1. The Morgan fingerprint density at radius 2 is 2.07 bits per heavy atom. The maximum absolute atomic E-state index is 12.0. The van der Waals surface area contributed by atoms with E-state index < -0.39 is 0 Å². The monoisotopic (exact) mass is 362 g/mol. The molecule has 3 aromatic rings. The topological polar surface area (TPSA) is 94.3 Å². The van der Waals surface area contributed by atoms with E-state index in [1.165, 1.54) is 11.0 Å². The predicted molar refractivity (Wildman–Crippen MR) is 101 cm³/mol. The van der Waals surface area contributed by atoms with E-state index in [2.05, 4.69) is 32.5 Å². The van der Waals surface area contributed by atoms with Crippen LogP contribution in [-0.2, 0) is 11.3 Å². The minimum absolute atomic E-state index is 0.0837. The van der Waals surface area contributed by atoms with Crippen molar-refractivity contribution >= 4 is 12.1 Å². The molecular weight excluding hydrogens is 344 g/mol. The summed E-state index contributed by atoms with van der Waals surface area (Å²) in [6.07, 6.45) is 3.20. The molecule has 8 nitrogen and oxygen atoms in total. The van der Waals surface area contributed by atoms with Crippen molar-refractivity contribution in [3.05, 3.63) is 72.8 Å². The molecule has 0 unspecified atom stereocenters. The van der Waals surface area contributed by atoms with Crippen molar-refractivity contribution in [1.82, 2.24) is 25.6 Å². The minimum Gasteiger partial charge on any atom is -0.490 e. The predicted octanol–water partition coefficient (Wildman–Crippen LogP) is 2.06. The Labute approximate surface area is 156 Å². The fourth-order valence-corrected chi connectivity index (χ4v) is 2.20. The zero-order valence-electron chi connectivity index (χ0n) is 14.5. The highest BCUT2D eigenvalue weighted by Crippen LogP contribution is 2.12. The third-order valence-electron chi connectivity index (χ3n) is 3.40. The van der Waals surface area contributed by atoms with Crippen molar-refractivity contribution in [2.24, 2.45) is 5.10 Å². The number of rotatable bonds is 8. The van der Waals surface area contributed by atoms with E-state index in [-0.39, 0.29) is 12.5 Å². The number of carbonyl (C=O) groups excluding carboxylic acids is 1. The third kappa shape index (κ3) is 5.33. The number of hydrogen-bond donors (Lipinski definition) is 1. The van der Waals surface area contributed by atoms with Gasteiger partial charge in [0.05, 0.1) is 6.21 Å². The Bertz CT molecular complexity index is 936. The van der Waals surface area contributed by atoms with E-state index in [0.717, 1.165) is 11.1 Å². The molecule has 3 rings (SSSR count). The molecule has 136 valence electrons. The van der Waals surface area contributed by atoms with Gasteiger partial charge in [-0.15, -0.1) is 10.2 Å². The summed E-state index contributed by atoms with van der Waals surface area (Å²) in [5, 5.41) is 15.9. The lowest BCUT2D eigenvalue weighted by atomic mass is 10.2. The van der Waals surface area contributed by atoms with Crippen molar-refractivity contribution in [3.8, 4) is 17.1 Å². The summed E-state index contributed by atoms with van der Waals surface area (Å²) >= 11 is 0. The molecule has 1 heterocycles. The number of aromatic nitrogens is 4. The molecule has 27 heavy (non-hydrogen) atoms. The van der Waals surface area contributed by atoms with E-state index in [0.29, 0.717) is 18.2 Å². The maximum Gasteiger partial charge on any atom is 0.263 e. The molecule has 0 radical (unpaired) electrons. The van der Waals surface area contributed by atoms with Crippen LogP contribution in [0.1, 0.15) is 5.56 Å². The molecular formula is C19H18N6O2. The number of nitrogens with zero attached hydrogens (tertiary/aromatic N) is 5. The summed E-state index contributed by atoms with van der Waals surface area (Å²) in [6.45, 7) is 3.94. The van der Waals surface area contributed by atoms with Gasteiger partial charge in [0.2, 0.25) is 5.82 Å². The molecule has 0 aliphatic heterocycles. The summed E-state index contributed by atoms with van der Waals surface area (Å²) < 4.78 is 5.45. The third-order valence-corrected chi connectivity index (χ3v) is 3.40. The molecule has 0 saturated heterocycles. The highest BCUT2D eigenvalue weighted by molar-refractivity contribution is 5.82. The second kappa shape index (κ2) is 9.04. The van der Waals surface area contributed by atoms with Crippen LogP contribution in [0.2, 0.25) is 0 Å². The van der Waals surface area contributed by atoms with Gasteiger partial charge in [-0.1, -0.05) is 55.1 Å². The maximum atomic E-state index is 12.0. The van der Waals surface area contributed by atoms with E-state index in [4.69, 9.17) is 4.74 Å². The molecule has 1 aromatic heterocycles.